The Balaban J connectivity index is 2.05. The van der Waals surface area contributed by atoms with Crippen molar-refractivity contribution >= 4 is 23.2 Å². The average molecular weight is 294 g/mol. The van der Waals surface area contributed by atoms with Gasteiger partial charge in [0.1, 0.15) is 6.04 Å². The Kier molecular flexibility index (Phi) is 4.81. The summed E-state index contributed by atoms with van der Waals surface area (Å²) >= 11 is 1.69. The fraction of sp³-hybridized carbons (Fsp3) is 0.600. The third-order valence-corrected chi connectivity index (χ3v) is 4.44. The molecule has 0 bridgehead atoms. The Morgan fingerprint density at radius 3 is 2.75 bits per heavy atom. The minimum absolute atomic E-state index is 0.0479. The lowest BCUT2D eigenvalue weighted by Crippen LogP contribution is -2.60. The van der Waals surface area contributed by atoms with E-state index in [4.69, 9.17) is 0 Å². The molecule has 1 saturated heterocycles. The molecule has 110 valence electrons. The van der Waals surface area contributed by atoms with Gasteiger partial charge in [-0.3, -0.25) is 9.59 Å². The zero-order valence-electron chi connectivity index (χ0n) is 12.3. The number of thiophene rings is 1. The molecule has 1 aliphatic rings. The van der Waals surface area contributed by atoms with Gasteiger partial charge in [0.2, 0.25) is 11.8 Å². The first-order valence-electron chi connectivity index (χ1n) is 7.09. The predicted octanol–water partition coefficient (Wildman–Crippen LogP) is 2.05. The third-order valence-electron chi connectivity index (χ3n) is 3.55. The van der Waals surface area contributed by atoms with Crippen molar-refractivity contribution in [3.63, 3.8) is 0 Å². The molecule has 1 aliphatic heterocycles. The van der Waals surface area contributed by atoms with Gasteiger partial charge in [-0.1, -0.05) is 19.9 Å². The number of carbonyl (C=O) groups is 2. The van der Waals surface area contributed by atoms with Gasteiger partial charge in [0.25, 0.3) is 0 Å². The highest BCUT2D eigenvalue weighted by molar-refractivity contribution is 7.09. The van der Waals surface area contributed by atoms with Crippen LogP contribution in [0.15, 0.2) is 17.5 Å². The molecule has 2 rings (SSSR count). The van der Waals surface area contributed by atoms with E-state index < -0.39 is 0 Å². The van der Waals surface area contributed by atoms with E-state index in [1.54, 1.807) is 16.2 Å². The number of rotatable bonds is 5. The van der Waals surface area contributed by atoms with Crippen LogP contribution in [-0.2, 0) is 16.0 Å². The lowest BCUT2D eigenvalue weighted by Gasteiger charge is -2.37. The van der Waals surface area contributed by atoms with Crippen molar-refractivity contribution in [3.8, 4) is 0 Å². The van der Waals surface area contributed by atoms with Crippen molar-refractivity contribution in [1.29, 1.82) is 0 Å². The molecule has 0 aliphatic carbocycles. The van der Waals surface area contributed by atoms with E-state index in [1.165, 1.54) is 4.88 Å². The summed E-state index contributed by atoms with van der Waals surface area (Å²) in [7, 11) is 0. The Bertz CT molecular complexity index is 470. The van der Waals surface area contributed by atoms with E-state index in [1.807, 2.05) is 18.4 Å². The molecule has 2 atom stereocenters. The van der Waals surface area contributed by atoms with Crippen molar-refractivity contribution in [2.75, 3.05) is 6.54 Å². The predicted molar refractivity (Wildman–Crippen MR) is 80.6 cm³/mol. The van der Waals surface area contributed by atoms with Gasteiger partial charge in [-0.25, -0.2) is 0 Å². The van der Waals surface area contributed by atoms with Gasteiger partial charge in [-0.05, 0) is 30.7 Å². The number of carbonyl (C=O) groups excluding carboxylic acids is 2. The summed E-state index contributed by atoms with van der Waals surface area (Å²) in [6, 6.07) is 3.78. The second-order valence-corrected chi connectivity index (χ2v) is 6.88. The summed E-state index contributed by atoms with van der Waals surface area (Å²) in [5, 5.41) is 4.85. The summed E-state index contributed by atoms with van der Waals surface area (Å²) in [5.74, 6) is 0.396. The summed E-state index contributed by atoms with van der Waals surface area (Å²) in [6.45, 7) is 6.32. The lowest BCUT2D eigenvalue weighted by molar-refractivity contribution is -0.146. The quantitative estimate of drug-likeness (QED) is 0.903. The molecule has 1 aromatic heterocycles. The summed E-state index contributed by atoms with van der Waals surface area (Å²) < 4.78 is 0. The molecule has 0 saturated carbocycles. The monoisotopic (exact) mass is 294 g/mol. The minimum atomic E-state index is -0.359. The normalized spacial score (nSPS) is 21.2. The molecular formula is C15H22N2O2S. The zero-order valence-corrected chi connectivity index (χ0v) is 13.1. The molecule has 4 nitrogen and oxygen atoms in total. The number of hydrogen-bond donors (Lipinski definition) is 1. The third kappa shape index (κ3) is 3.60. The van der Waals surface area contributed by atoms with E-state index in [0.717, 1.165) is 6.42 Å². The zero-order chi connectivity index (χ0) is 14.7. The number of amides is 2. The largest absolute Gasteiger partial charge is 0.343 e. The molecule has 5 heteroatoms. The van der Waals surface area contributed by atoms with Crippen LogP contribution in [0.1, 0.15) is 32.1 Å². The van der Waals surface area contributed by atoms with Crippen LogP contribution < -0.4 is 5.32 Å². The number of nitrogens with one attached hydrogen (secondary N) is 1. The van der Waals surface area contributed by atoms with Crippen molar-refractivity contribution < 1.29 is 9.59 Å². The van der Waals surface area contributed by atoms with Gasteiger partial charge in [0.05, 0.1) is 6.54 Å². The molecule has 2 amide bonds. The fourth-order valence-corrected chi connectivity index (χ4v) is 3.40. The van der Waals surface area contributed by atoms with Crippen LogP contribution in [0.25, 0.3) is 0 Å². The Labute approximate surface area is 124 Å². The fourth-order valence-electron chi connectivity index (χ4n) is 2.57. The van der Waals surface area contributed by atoms with E-state index in [2.05, 4.69) is 25.2 Å². The van der Waals surface area contributed by atoms with Gasteiger partial charge >= 0.3 is 0 Å². The lowest BCUT2D eigenvalue weighted by atomic mass is 9.99. The van der Waals surface area contributed by atoms with E-state index in [0.29, 0.717) is 12.3 Å². The molecule has 1 aromatic rings. The molecule has 0 spiro atoms. The van der Waals surface area contributed by atoms with E-state index >= 15 is 0 Å². The van der Waals surface area contributed by atoms with Crippen LogP contribution in [-0.4, -0.2) is 35.3 Å². The molecule has 20 heavy (non-hydrogen) atoms. The Morgan fingerprint density at radius 1 is 1.40 bits per heavy atom. The van der Waals surface area contributed by atoms with Crippen LogP contribution in [0.4, 0.5) is 0 Å². The smallest absolute Gasteiger partial charge is 0.245 e. The van der Waals surface area contributed by atoms with Crippen LogP contribution >= 0.6 is 11.3 Å². The van der Waals surface area contributed by atoms with Crippen molar-refractivity contribution in [2.24, 2.45) is 5.92 Å². The molecule has 0 radical (unpaired) electrons. The minimum Gasteiger partial charge on any atom is -0.343 e. The van der Waals surface area contributed by atoms with Crippen molar-refractivity contribution in [1.82, 2.24) is 10.2 Å². The molecule has 1 N–H and O–H groups in total. The highest BCUT2D eigenvalue weighted by Gasteiger charge is 2.35. The van der Waals surface area contributed by atoms with Crippen LogP contribution in [0.2, 0.25) is 0 Å². The first-order chi connectivity index (χ1) is 9.47. The standard InChI is InChI=1S/C15H22N2O2S/c1-10(2)7-13-15(19)17(9-14(18)16-13)11(3)8-12-5-4-6-20-12/h4-6,10-11,13H,7-9H2,1-3H3,(H,16,18). The van der Waals surface area contributed by atoms with E-state index in [9.17, 15) is 9.59 Å². The molecule has 2 unspecified atom stereocenters. The molecule has 1 fully saturated rings. The summed E-state index contributed by atoms with van der Waals surface area (Å²) in [4.78, 5) is 27.3. The first kappa shape index (κ1) is 15.0. The van der Waals surface area contributed by atoms with E-state index in [-0.39, 0.29) is 30.4 Å². The first-order valence-corrected chi connectivity index (χ1v) is 7.97. The maximum absolute atomic E-state index is 12.5. The topological polar surface area (TPSA) is 49.4 Å². The van der Waals surface area contributed by atoms with Gasteiger partial charge in [-0.15, -0.1) is 11.3 Å². The Hall–Kier alpha value is -1.36. The number of piperazine rings is 1. The summed E-state index contributed by atoms with van der Waals surface area (Å²) in [5.41, 5.74) is 0. The number of hydrogen-bond acceptors (Lipinski definition) is 3. The highest BCUT2D eigenvalue weighted by atomic mass is 32.1. The maximum Gasteiger partial charge on any atom is 0.245 e. The maximum atomic E-state index is 12.5. The van der Waals surface area contributed by atoms with Gasteiger partial charge in [0.15, 0.2) is 0 Å². The summed E-state index contributed by atoms with van der Waals surface area (Å²) in [6.07, 6.45) is 1.51. The van der Waals surface area contributed by atoms with Gasteiger partial charge < -0.3 is 10.2 Å². The highest BCUT2D eigenvalue weighted by Crippen LogP contribution is 2.18. The van der Waals surface area contributed by atoms with Gasteiger partial charge in [-0.2, -0.15) is 0 Å². The van der Waals surface area contributed by atoms with Crippen LogP contribution in [0.5, 0.6) is 0 Å². The second-order valence-electron chi connectivity index (χ2n) is 5.85. The Morgan fingerprint density at radius 2 is 2.15 bits per heavy atom. The second kappa shape index (κ2) is 6.39. The van der Waals surface area contributed by atoms with Crippen molar-refractivity contribution in [3.05, 3.63) is 22.4 Å². The van der Waals surface area contributed by atoms with Crippen LogP contribution in [0, 0.1) is 5.92 Å². The van der Waals surface area contributed by atoms with Gasteiger partial charge in [0, 0.05) is 17.3 Å². The molecule has 2 heterocycles. The van der Waals surface area contributed by atoms with Crippen molar-refractivity contribution in [2.45, 2.75) is 45.7 Å². The average Bonchev–Trinajstić information content (AvgIpc) is 2.85. The van der Waals surface area contributed by atoms with Crippen LogP contribution in [0.3, 0.4) is 0 Å². The number of nitrogens with zero attached hydrogens (tertiary/aromatic N) is 1. The molecule has 0 aromatic carbocycles. The SMILES string of the molecule is CC(C)CC1NC(=O)CN(C(C)Cc2cccs2)C1=O. The molecular weight excluding hydrogens is 272 g/mol.